The molecule has 0 unspecified atom stereocenters. The van der Waals surface area contributed by atoms with Crippen molar-refractivity contribution in [2.75, 3.05) is 32.8 Å². The maximum atomic E-state index is 11.5. The van der Waals surface area contributed by atoms with E-state index in [4.69, 9.17) is 9.94 Å². The standard InChI is InChI=1S/C11H22N2O3.BrH/c1-5-13(6-2,7-3)9-10(12-15)11(14)16-8-4;/h5-9H2,1-4H3;1H. The molecule has 0 radical (unpaired) electrons. The molecule has 0 aliphatic carbocycles. The van der Waals surface area contributed by atoms with Crippen molar-refractivity contribution >= 4 is 11.7 Å². The molecule has 0 amide bonds. The molecule has 6 heteroatoms. The van der Waals surface area contributed by atoms with Crippen LogP contribution < -0.4 is 17.0 Å². The molecule has 0 heterocycles. The van der Waals surface area contributed by atoms with Gasteiger partial charge < -0.3 is 31.4 Å². The van der Waals surface area contributed by atoms with Gasteiger partial charge in [0.1, 0.15) is 6.54 Å². The summed E-state index contributed by atoms with van der Waals surface area (Å²) in [7, 11) is 0. The molecule has 0 spiro atoms. The second-order valence-corrected chi connectivity index (χ2v) is 3.72. The van der Waals surface area contributed by atoms with Crippen LogP contribution in [0.3, 0.4) is 0 Å². The molecule has 0 saturated heterocycles. The summed E-state index contributed by atoms with van der Waals surface area (Å²) < 4.78 is 5.56. The zero-order chi connectivity index (χ0) is 12.6. The van der Waals surface area contributed by atoms with Gasteiger partial charge in [-0.15, -0.1) is 0 Å². The second-order valence-electron chi connectivity index (χ2n) is 3.72. The Morgan fingerprint density at radius 3 is 1.94 bits per heavy atom. The van der Waals surface area contributed by atoms with Crippen molar-refractivity contribution in [3.05, 3.63) is 0 Å². The quantitative estimate of drug-likeness (QED) is 0.200. The fourth-order valence-corrected chi connectivity index (χ4v) is 1.68. The molecule has 102 valence electrons. The molecule has 0 aromatic rings. The smallest absolute Gasteiger partial charge is 0.362 e. The van der Waals surface area contributed by atoms with Gasteiger partial charge in [-0.25, -0.2) is 4.79 Å². The molecule has 0 aromatic heterocycles. The molecule has 5 nitrogen and oxygen atoms in total. The molecule has 0 saturated carbocycles. The van der Waals surface area contributed by atoms with Crippen LogP contribution in [0, 0.1) is 0 Å². The maximum Gasteiger partial charge on any atom is 0.362 e. The fraction of sp³-hybridized carbons (Fsp3) is 0.818. The van der Waals surface area contributed by atoms with Crippen LogP contribution >= 0.6 is 0 Å². The van der Waals surface area contributed by atoms with Crippen molar-refractivity contribution in [2.45, 2.75) is 27.7 Å². The van der Waals surface area contributed by atoms with Crippen molar-refractivity contribution in [1.82, 2.24) is 0 Å². The number of quaternary nitrogens is 1. The van der Waals surface area contributed by atoms with Crippen LogP contribution in [0.25, 0.3) is 0 Å². The minimum atomic E-state index is -0.525. The largest absolute Gasteiger partial charge is 1.00 e. The molecule has 0 aliphatic heterocycles. The van der Waals surface area contributed by atoms with Gasteiger partial charge in [0.2, 0.25) is 5.71 Å². The van der Waals surface area contributed by atoms with Gasteiger partial charge >= 0.3 is 5.97 Å². The lowest BCUT2D eigenvalue weighted by Gasteiger charge is -2.35. The summed E-state index contributed by atoms with van der Waals surface area (Å²) in [6.45, 7) is 11.3. The Bertz CT molecular complexity index is 245. The fourth-order valence-electron chi connectivity index (χ4n) is 1.68. The third-order valence-electron chi connectivity index (χ3n) is 3.13. The summed E-state index contributed by atoms with van der Waals surface area (Å²) >= 11 is 0. The number of nitrogens with zero attached hydrogens (tertiary/aromatic N) is 2. The summed E-state index contributed by atoms with van der Waals surface area (Å²) in [6, 6.07) is 0. The van der Waals surface area contributed by atoms with Gasteiger partial charge in [0.25, 0.3) is 0 Å². The van der Waals surface area contributed by atoms with Gasteiger partial charge in [0.15, 0.2) is 0 Å². The van der Waals surface area contributed by atoms with Crippen molar-refractivity contribution in [1.29, 1.82) is 0 Å². The van der Waals surface area contributed by atoms with Crippen molar-refractivity contribution in [2.24, 2.45) is 5.16 Å². The Balaban J connectivity index is 0. The molecule has 0 aromatic carbocycles. The maximum absolute atomic E-state index is 11.5. The van der Waals surface area contributed by atoms with E-state index in [1.165, 1.54) is 0 Å². The first-order chi connectivity index (χ1) is 7.59. The van der Waals surface area contributed by atoms with Gasteiger partial charge in [0, 0.05) is 0 Å². The molecule has 0 aliphatic rings. The number of hydrogen-bond donors (Lipinski definition) is 1. The predicted octanol–water partition coefficient (Wildman–Crippen LogP) is -1.74. The Labute approximate surface area is 114 Å². The predicted molar refractivity (Wildman–Crippen MR) is 62.6 cm³/mol. The minimum Gasteiger partial charge on any atom is -1.00 e. The van der Waals surface area contributed by atoms with E-state index in [-0.39, 0.29) is 22.7 Å². The van der Waals surface area contributed by atoms with Crippen LogP contribution in [0.1, 0.15) is 27.7 Å². The Hall–Kier alpha value is -0.620. The normalized spacial score (nSPS) is 11.9. The Kier molecular flexibility index (Phi) is 10.4. The molecule has 0 bridgehead atoms. The van der Waals surface area contributed by atoms with Gasteiger partial charge in [-0.3, -0.25) is 0 Å². The monoisotopic (exact) mass is 310 g/mol. The summed E-state index contributed by atoms with van der Waals surface area (Å²) in [4.78, 5) is 11.5. The average Bonchev–Trinajstić information content (AvgIpc) is 2.32. The molecule has 1 N–H and O–H groups in total. The first-order valence-corrected chi connectivity index (χ1v) is 5.82. The van der Waals surface area contributed by atoms with Gasteiger partial charge in [-0.1, -0.05) is 5.16 Å². The number of hydrogen-bond acceptors (Lipinski definition) is 4. The minimum absolute atomic E-state index is 0. The highest BCUT2D eigenvalue weighted by atomic mass is 79.9. The van der Waals surface area contributed by atoms with Gasteiger partial charge in [-0.05, 0) is 27.7 Å². The van der Waals surface area contributed by atoms with E-state index in [2.05, 4.69) is 25.9 Å². The van der Waals surface area contributed by atoms with Crippen LogP contribution in [0.2, 0.25) is 0 Å². The molecular weight excluding hydrogens is 288 g/mol. The van der Waals surface area contributed by atoms with E-state index in [0.29, 0.717) is 13.2 Å². The lowest BCUT2D eigenvalue weighted by atomic mass is 10.2. The van der Waals surface area contributed by atoms with Crippen molar-refractivity contribution < 1.29 is 36.2 Å². The van der Waals surface area contributed by atoms with E-state index in [1.807, 2.05) is 0 Å². The average molecular weight is 311 g/mol. The number of oxime groups is 1. The third-order valence-corrected chi connectivity index (χ3v) is 3.13. The second kappa shape index (κ2) is 9.41. The van der Waals surface area contributed by atoms with E-state index in [9.17, 15) is 4.79 Å². The van der Waals surface area contributed by atoms with Crippen molar-refractivity contribution in [3.63, 3.8) is 0 Å². The molecular formula is C11H23BrN2O3. The lowest BCUT2D eigenvalue weighted by Crippen LogP contribution is -3.00. The van der Waals surface area contributed by atoms with Crippen LogP contribution in [-0.4, -0.2) is 54.2 Å². The first-order valence-electron chi connectivity index (χ1n) is 5.82. The molecule has 17 heavy (non-hydrogen) atoms. The Morgan fingerprint density at radius 2 is 1.65 bits per heavy atom. The summed E-state index contributed by atoms with van der Waals surface area (Å²) in [5, 5.41) is 11.9. The van der Waals surface area contributed by atoms with E-state index in [1.54, 1.807) is 6.92 Å². The van der Waals surface area contributed by atoms with E-state index >= 15 is 0 Å². The lowest BCUT2D eigenvalue weighted by molar-refractivity contribution is -0.914. The Morgan fingerprint density at radius 1 is 1.18 bits per heavy atom. The first kappa shape index (κ1) is 18.7. The number of carbonyl (C=O) groups excluding carboxylic acids is 1. The summed E-state index contributed by atoms with van der Waals surface area (Å²) in [5.74, 6) is -0.525. The highest BCUT2D eigenvalue weighted by Gasteiger charge is 2.28. The summed E-state index contributed by atoms with van der Waals surface area (Å²) in [6.07, 6.45) is 0. The van der Waals surface area contributed by atoms with E-state index in [0.717, 1.165) is 24.1 Å². The molecule has 0 fully saturated rings. The molecule has 0 rings (SSSR count). The van der Waals surface area contributed by atoms with Crippen LogP contribution in [0.4, 0.5) is 0 Å². The SMILES string of the molecule is CCOC(=O)/C(C[N+](CC)(CC)CC)=N/O.[Br-]. The van der Waals surface area contributed by atoms with Crippen molar-refractivity contribution in [3.8, 4) is 0 Å². The zero-order valence-electron chi connectivity index (χ0n) is 11.1. The van der Waals surface area contributed by atoms with Crippen LogP contribution in [0.5, 0.6) is 0 Å². The zero-order valence-corrected chi connectivity index (χ0v) is 12.7. The molecule has 0 atom stereocenters. The van der Waals surface area contributed by atoms with E-state index < -0.39 is 5.97 Å². The third kappa shape index (κ3) is 5.50. The van der Waals surface area contributed by atoms with Crippen LogP contribution in [-0.2, 0) is 9.53 Å². The summed E-state index contributed by atoms with van der Waals surface area (Å²) in [5.41, 5.74) is 0.104. The topological polar surface area (TPSA) is 58.9 Å². The van der Waals surface area contributed by atoms with Gasteiger partial charge in [-0.2, -0.15) is 0 Å². The van der Waals surface area contributed by atoms with Gasteiger partial charge in [0.05, 0.1) is 26.2 Å². The van der Waals surface area contributed by atoms with Crippen LogP contribution in [0.15, 0.2) is 5.16 Å². The highest BCUT2D eigenvalue weighted by molar-refractivity contribution is 6.36. The number of halogens is 1. The highest BCUT2D eigenvalue weighted by Crippen LogP contribution is 2.06. The number of esters is 1. The number of ether oxygens (including phenoxy) is 1. The number of carbonyl (C=O) groups is 1. The number of rotatable bonds is 7.